The summed E-state index contributed by atoms with van der Waals surface area (Å²) in [5, 5.41) is 0.518. The Balaban J connectivity index is 2.21. The van der Waals surface area contributed by atoms with E-state index < -0.39 is 0 Å². The summed E-state index contributed by atoms with van der Waals surface area (Å²) < 4.78 is 4.93. The number of carbonyl (C=O) groups is 1. The molecule has 0 atom stereocenters. The van der Waals surface area contributed by atoms with Crippen molar-refractivity contribution in [1.29, 1.82) is 0 Å². The molecule has 14 heavy (non-hydrogen) atoms. The van der Waals surface area contributed by atoms with E-state index in [0.29, 0.717) is 16.7 Å². The fourth-order valence-corrected chi connectivity index (χ4v) is 1.65. The summed E-state index contributed by atoms with van der Waals surface area (Å²) in [4.78, 5) is 10.7. The summed E-state index contributed by atoms with van der Waals surface area (Å²) in [5.41, 5.74) is 1.24. The fraction of sp³-hybridized carbons (Fsp3) is 0.364. The third kappa shape index (κ3) is 2.07. The molecule has 1 fully saturated rings. The van der Waals surface area contributed by atoms with Crippen LogP contribution in [0.15, 0.2) is 18.2 Å². The number of ether oxygens (including phenoxy) is 1. The second-order valence-corrected chi connectivity index (χ2v) is 3.96. The van der Waals surface area contributed by atoms with Gasteiger partial charge in [0.05, 0.1) is 5.02 Å². The topological polar surface area (TPSA) is 26.3 Å². The van der Waals surface area contributed by atoms with Gasteiger partial charge >= 0.3 is 5.97 Å². The summed E-state index contributed by atoms with van der Waals surface area (Å²) in [6, 6.07) is 5.62. The molecule has 2 nitrogen and oxygen atoms in total. The number of esters is 1. The van der Waals surface area contributed by atoms with Crippen LogP contribution in [0.25, 0.3) is 0 Å². The van der Waals surface area contributed by atoms with Crippen molar-refractivity contribution in [3.05, 3.63) is 28.8 Å². The maximum Gasteiger partial charge on any atom is 0.308 e. The van der Waals surface area contributed by atoms with Crippen molar-refractivity contribution in [2.75, 3.05) is 0 Å². The van der Waals surface area contributed by atoms with E-state index in [0.717, 1.165) is 0 Å². The average molecular weight is 211 g/mol. The highest BCUT2D eigenvalue weighted by Gasteiger charge is 2.24. The van der Waals surface area contributed by atoms with Crippen LogP contribution in [0.2, 0.25) is 5.02 Å². The van der Waals surface area contributed by atoms with Crippen LogP contribution >= 0.6 is 11.6 Å². The van der Waals surface area contributed by atoms with E-state index >= 15 is 0 Å². The van der Waals surface area contributed by atoms with Gasteiger partial charge in [-0.15, -0.1) is 0 Å². The maximum absolute atomic E-state index is 10.7. The predicted octanol–water partition coefficient (Wildman–Crippen LogP) is 3.14. The second kappa shape index (κ2) is 3.62. The molecule has 0 bridgehead atoms. The zero-order chi connectivity index (χ0) is 10.1. The standard InChI is InChI=1S/C11H11ClO2/c1-7(13)14-11-5-4-9(6-10(11)12)8-2-3-8/h4-6,8H,2-3H2,1H3. The molecule has 74 valence electrons. The maximum atomic E-state index is 10.7. The van der Waals surface area contributed by atoms with Gasteiger partial charge < -0.3 is 4.74 Å². The minimum absolute atomic E-state index is 0.342. The van der Waals surface area contributed by atoms with Gasteiger partial charge in [0.1, 0.15) is 5.75 Å². The molecule has 1 saturated carbocycles. The number of carbonyl (C=O) groups excluding carboxylic acids is 1. The zero-order valence-electron chi connectivity index (χ0n) is 7.92. The molecule has 0 radical (unpaired) electrons. The van der Waals surface area contributed by atoms with Gasteiger partial charge in [-0.25, -0.2) is 0 Å². The summed E-state index contributed by atoms with van der Waals surface area (Å²) in [6.45, 7) is 1.37. The van der Waals surface area contributed by atoms with Crippen LogP contribution < -0.4 is 4.74 Å². The van der Waals surface area contributed by atoms with E-state index in [1.165, 1.54) is 25.3 Å². The quantitative estimate of drug-likeness (QED) is 0.554. The molecule has 0 heterocycles. The number of hydrogen-bond acceptors (Lipinski definition) is 2. The Labute approximate surface area is 87.8 Å². The molecule has 0 N–H and O–H groups in total. The van der Waals surface area contributed by atoms with Crippen LogP contribution in [0, 0.1) is 0 Å². The predicted molar refractivity (Wildman–Crippen MR) is 54.7 cm³/mol. The number of halogens is 1. The fourth-order valence-electron chi connectivity index (χ4n) is 1.43. The Morgan fingerprint density at radius 2 is 2.21 bits per heavy atom. The Morgan fingerprint density at radius 3 is 2.71 bits per heavy atom. The highest BCUT2D eigenvalue weighted by Crippen LogP contribution is 2.42. The first-order chi connectivity index (χ1) is 6.66. The molecule has 1 aliphatic rings. The minimum Gasteiger partial charge on any atom is -0.425 e. The van der Waals surface area contributed by atoms with Crippen LogP contribution in [0.5, 0.6) is 5.75 Å². The summed E-state index contributed by atoms with van der Waals surface area (Å²) in [5.74, 6) is 0.772. The van der Waals surface area contributed by atoms with Crippen LogP contribution in [-0.4, -0.2) is 5.97 Å². The Morgan fingerprint density at radius 1 is 1.50 bits per heavy atom. The van der Waals surface area contributed by atoms with Gasteiger partial charge in [-0.2, -0.15) is 0 Å². The molecule has 0 amide bonds. The molecule has 1 aromatic rings. The zero-order valence-corrected chi connectivity index (χ0v) is 8.67. The lowest BCUT2D eigenvalue weighted by Gasteiger charge is -2.05. The van der Waals surface area contributed by atoms with Gasteiger partial charge in [0, 0.05) is 6.92 Å². The third-order valence-corrected chi connectivity index (χ3v) is 2.55. The summed E-state index contributed by atoms with van der Waals surface area (Å²) >= 11 is 5.97. The number of benzene rings is 1. The van der Waals surface area contributed by atoms with Crippen molar-refractivity contribution >= 4 is 17.6 Å². The minimum atomic E-state index is -0.342. The summed E-state index contributed by atoms with van der Waals surface area (Å²) in [6.07, 6.45) is 2.48. The lowest BCUT2D eigenvalue weighted by Crippen LogP contribution is -2.01. The Bertz CT molecular complexity index is 370. The molecule has 0 aliphatic heterocycles. The van der Waals surface area contributed by atoms with E-state index in [2.05, 4.69) is 0 Å². The Kier molecular flexibility index (Phi) is 2.46. The van der Waals surface area contributed by atoms with E-state index in [9.17, 15) is 4.79 Å². The number of rotatable bonds is 2. The molecule has 0 saturated heterocycles. The first-order valence-corrected chi connectivity index (χ1v) is 5.02. The molecule has 0 spiro atoms. The molecule has 3 heteroatoms. The molecule has 1 aliphatic carbocycles. The van der Waals surface area contributed by atoms with E-state index in [4.69, 9.17) is 16.3 Å². The average Bonchev–Trinajstić information content (AvgIpc) is 2.90. The molecular formula is C11H11ClO2. The smallest absolute Gasteiger partial charge is 0.308 e. The van der Waals surface area contributed by atoms with Crippen LogP contribution in [0.1, 0.15) is 31.2 Å². The Hall–Kier alpha value is -1.02. The van der Waals surface area contributed by atoms with Gasteiger partial charge in [-0.05, 0) is 36.5 Å². The van der Waals surface area contributed by atoms with Crippen LogP contribution in [0.3, 0.4) is 0 Å². The molecular weight excluding hydrogens is 200 g/mol. The van der Waals surface area contributed by atoms with E-state index in [1.807, 2.05) is 12.1 Å². The van der Waals surface area contributed by atoms with Crippen molar-refractivity contribution in [3.63, 3.8) is 0 Å². The SMILES string of the molecule is CC(=O)Oc1ccc(C2CC2)cc1Cl. The van der Waals surface area contributed by atoms with Gasteiger partial charge in [-0.3, -0.25) is 4.79 Å². The van der Waals surface area contributed by atoms with Gasteiger partial charge in [-0.1, -0.05) is 17.7 Å². The van der Waals surface area contributed by atoms with E-state index in [-0.39, 0.29) is 5.97 Å². The first kappa shape index (κ1) is 9.53. The van der Waals surface area contributed by atoms with Crippen molar-refractivity contribution < 1.29 is 9.53 Å². The largest absolute Gasteiger partial charge is 0.425 e. The third-order valence-electron chi connectivity index (χ3n) is 2.26. The van der Waals surface area contributed by atoms with Crippen LogP contribution in [0.4, 0.5) is 0 Å². The van der Waals surface area contributed by atoms with Crippen molar-refractivity contribution in [2.24, 2.45) is 0 Å². The van der Waals surface area contributed by atoms with E-state index in [1.54, 1.807) is 6.07 Å². The van der Waals surface area contributed by atoms with Crippen molar-refractivity contribution in [2.45, 2.75) is 25.7 Å². The lowest BCUT2D eigenvalue weighted by molar-refractivity contribution is -0.131. The monoisotopic (exact) mass is 210 g/mol. The van der Waals surface area contributed by atoms with Gasteiger partial charge in [0.15, 0.2) is 0 Å². The highest BCUT2D eigenvalue weighted by atomic mass is 35.5. The molecule has 1 aromatic carbocycles. The molecule has 2 rings (SSSR count). The van der Waals surface area contributed by atoms with Gasteiger partial charge in [0.2, 0.25) is 0 Å². The van der Waals surface area contributed by atoms with Crippen molar-refractivity contribution in [3.8, 4) is 5.75 Å². The highest BCUT2D eigenvalue weighted by molar-refractivity contribution is 6.32. The van der Waals surface area contributed by atoms with Crippen LogP contribution in [-0.2, 0) is 4.79 Å². The first-order valence-electron chi connectivity index (χ1n) is 4.64. The van der Waals surface area contributed by atoms with Crippen molar-refractivity contribution in [1.82, 2.24) is 0 Å². The van der Waals surface area contributed by atoms with Gasteiger partial charge in [0.25, 0.3) is 0 Å². The molecule has 0 aromatic heterocycles. The second-order valence-electron chi connectivity index (χ2n) is 3.56. The number of hydrogen-bond donors (Lipinski definition) is 0. The lowest BCUT2D eigenvalue weighted by atomic mass is 10.1. The molecule has 0 unspecified atom stereocenters. The normalized spacial score (nSPS) is 15.3. The summed E-state index contributed by atoms with van der Waals surface area (Å²) in [7, 11) is 0.